The summed E-state index contributed by atoms with van der Waals surface area (Å²) in [4.78, 5) is 11.1. The van der Waals surface area contributed by atoms with E-state index in [4.69, 9.17) is 4.42 Å². The number of nitrogens with zero attached hydrogens (tertiary/aromatic N) is 3. The van der Waals surface area contributed by atoms with Crippen LogP contribution in [-0.2, 0) is 6.42 Å². The van der Waals surface area contributed by atoms with Gasteiger partial charge in [-0.05, 0) is 38.4 Å². The summed E-state index contributed by atoms with van der Waals surface area (Å²) in [5, 5.41) is 1.14. The first-order valence-corrected chi connectivity index (χ1v) is 8.33. The Labute approximate surface area is 136 Å². The zero-order valence-corrected chi connectivity index (χ0v) is 13.4. The number of furan rings is 1. The third kappa shape index (κ3) is 2.86. The van der Waals surface area contributed by atoms with E-state index in [1.54, 1.807) is 18.6 Å². The smallest absolute Gasteiger partial charge is 0.143 e. The second-order valence-corrected chi connectivity index (χ2v) is 6.30. The van der Waals surface area contributed by atoms with Crippen LogP contribution < -0.4 is 0 Å². The molecule has 0 spiro atoms. The number of benzene rings is 1. The number of likely N-dealkylation sites (tertiary alicyclic amines) is 1. The van der Waals surface area contributed by atoms with Gasteiger partial charge in [-0.3, -0.25) is 9.97 Å². The van der Waals surface area contributed by atoms with E-state index in [9.17, 15) is 0 Å². The molecule has 2 aromatic heterocycles. The average molecular weight is 307 g/mol. The molecule has 4 rings (SSSR count). The van der Waals surface area contributed by atoms with Crippen molar-refractivity contribution in [2.45, 2.75) is 32.2 Å². The monoisotopic (exact) mass is 307 g/mol. The van der Waals surface area contributed by atoms with Gasteiger partial charge in [-0.15, -0.1) is 0 Å². The van der Waals surface area contributed by atoms with Gasteiger partial charge in [0.1, 0.15) is 11.3 Å². The summed E-state index contributed by atoms with van der Waals surface area (Å²) in [6, 6.07) is 9.06. The Morgan fingerprint density at radius 3 is 3.04 bits per heavy atom. The Bertz CT molecular complexity index is 797. The lowest BCUT2D eigenvalue weighted by Gasteiger charge is -2.19. The molecule has 1 unspecified atom stereocenters. The van der Waals surface area contributed by atoms with Crippen LogP contribution in [0.15, 0.2) is 47.3 Å². The highest BCUT2D eigenvalue weighted by Crippen LogP contribution is 2.30. The van der Waals surface area contributed by atoms with Gasteiger partial charge in [0.05, 0.1) is 11.9 Å². The summed E-state index contributed by atoms with van der Waals surface area (Å²) in [5.41, 5.74) is 2.78. The third-order valence-corrected chi connectivity index (χ3v) is 4.77. The lowest BCUT2D eigenvalue weighted by Crippen LogP contribution is -2.28. The Hall–Kier alpha value is -2.20. The molecule has 1 aliphatic heterocycles. The maximum absolute atomic E-state index is 6.15. The molecular formula is C19H21N3O. The average Bonchev–Trinajstić information content (AvgIpc) is 3.19. The third-order valence-electron chi connectivity index (χ3n) is 4.77. The van der Waals surface area contributed by atoms with Crippen molar-refractivity contribution < 1.29 is 4.42 Å². The first kappa shape index (κ1) is 14.4. The molecule has 1 atom stereocenters. The Kier molecular flexibility index (Phi) is 3.83. The second-order valence-electron chi connectivity index (χ2n) is 6.30. The molecule has 0 bridgehead atoms. The molecule has 0 N–H and O–H groups in total. The lowest BCUT2D eigenvalue weighted by molar-refractivity contribution is 0.266. The predicted octanol–water partition coefficient (Wildman–Crippen LogP) is 3.92. The molecule has 3 heterocycles. The van der Waals surface area contributed by atoms with Gasteiger partial charge in [0.15, 0.2) is 0 Å². The maximum Gasteiger partial charge on any atom is 0.143 e. The highest BCUT2D eigenvalue weighted by Gasteiger charge is 2.20. The quantitative estimate of drug-likeness (QED) is 0.732. The summed E-state index contributed by atoms with van der Waals surface area (Å²) in [7, 11) is 0. The van der Waals surface area contributed by atoms with Crippen LogP contribution in [0.3, 0.4) is 0 Å². The molecule has 1 aromatic carbocycles. The normalized spacial score (nSPS) is 18.7. The van der Waals surface area contributed by atoms with E-state index in [1.807, 2.05) is 12.1 Å². The van der Waals surface area contributed by atoms with Crippen molar-refractivity contribution in [3.63, 3.8) is 0 Å². The van der Waals surface area contributed by atoms with Gasteiger partial charge in [-0.25, -0.2) is 0 Å². The number of fused-ring (bicyclic) bond motifs is 1. The molecule has 0 radical (unpaired) electrons. The minimum absolute atomic E-state index is 0.703. The number of aromatic nitrogens is 2. The van der Waals surface area contributed by atoms with Crippen molar-refractivity contribution in [2.75, 3.05) is 13.1 Å². The second kappa shape index (κ2) is 6.13. The van der Waals surface area contributed by atoms with Crippen molar-refractivity contribution in [3.8, 4) is 11.3 Å². The minimum Gasteiger partial charge on any atom is -0.460 e. The van der Waals surface area contributed by atoms with E-state index in [0.29, 0.717) is 6.04 Å². The molecule has 0 aliphatic carbocycles. The van der Waals surface area contributed by atoms with E-state index < -0.39 is 0 Å². The molecule has 1 fully saturated rings. The molecule has 118 valence electrons. The van der Waals surface area contributed by atoms with Crippen LogP contribution >= 0.6 is 0 Å². The predicted molar refractivity (Wildman–Crippen MR) is 91.2 cm³/mol. The maximum atomic E-state index is 6.15. The SMILES string of the molecule is CC1CCCN1CCc1cc2cccc(-c3cnccn3)c2o1. The van der Waals surface area contributed by atoms with E-state index >= 15 is 0 Å². The number of hydrogen-bond acceptors (Lipinski definition) is 4. The van der Waals surface area contributed by atoms with Crippen molar-refractivity contribution in [2.24, 2.45) is 0 Å². The molecule has 3 aromatic rings. The largest absolute Gasteiger partial charge is 0.460 e. The Balaban J connectivity index is 1.60. The van der Waals surface area contributed by atoms with Gasteiger partial charge in [-0.2, -0.15) is 0 Å². The fraction of sp³-hybridized carbons (Fsp3) is 0.368. The van der Waals surface area contributed by atoms with Crippen LogP contribution in [0.1, 0.15) is 25.5 Å². The van der Waals surface area contributed by atoms with Crippen molar-refractivity contribution >= 4 is 11.0 Å². The number of rotatable bonds is 4. The van der Waals surface area contributed by atoms with Crippen LogP contribution in [0.5, 0.6) is 0 Å². The lowest BCUT2D eigenvalue weighted by atomic mass is 10.1. The van der Waals surface area contributed by atoms with E-state index in [2.05, 4.69) is 33.9 Å². The molecule has 23 heavy (non-hydrogen) atoms. The molecule has 0 amide bonds. The van der Waals surface area contributed by atoms with E-state index in [1.165, 1.54) is 19.4 Å². The number of hydrogen-bond donors (Lipinski definition) is 0. The first-order valence-electron chi connectivity index (χ1n) is 8.33. The van der Waals surface area contributed by atoms with Gasteiger partial charge in [-0.1, -0.05) is 12.1 Å². The fourth-order valence-electron chi connectivity index (χ4n) is 3.46. The van der Waals surface area contributed by atoms with Gasteiger partial charge in [0.2, 0.25) is 0 Å². The zero-order valence-electron chi connectivity index (χ0n) is 13.4. The van der Waals surface area contributed by atoms with Crippen LogP contribution in [-0.4, -0.2) is 34.0 Å². The van der Waals surface area contributed by atoms with Crippen molar-refractivity contribution in [1.29, 1.82) is 0 Å². The molecule has 1 saturated heterocycles. The summed E-state index contributed by atoms with van der Waals surface area (Å²) in [5.74, 6) is 1.05. The van der Waals surface area contributed by atoms with E-state index in [0.717, 1.165) is 41.0 Å². The number of para-hydroxylation sites is 1. The molecule has 4 heteroatoms. The zero-order chi connectivity index (χ0) is 15.6. The summed E-state index contributed by atoms with van der Waals surface area (Å²) in [6.45, 7) is 4.60. The van der Waals surface area contributed by atoms with Gasteiger partial charge >= 0.3 is 0 Å². The molecule has 1 aliphatic rings. The van der Waals surface area contributed by atoms with Gasteiger partial charge in [0, 0.05) is 42.4 Å². The molecular weight excluding hydrogens is 286 g/mol. The topological polar surface area (TPSA) is 42.2 Å². The molecule has 4 nitrogen and oxygen atoms in total. The van der Waals surface area contributed by atoms with Crippen molar-refractivity contribution in [3.05, 3.63) is 48.6 Å². The minimum atomic E-state index is 0.703. The Morgan fingerprint density at radius 1 is 1.30 bits per heavy atom. The van der Waals surface area contributed by atoms with Crippen LogP contribution in [0.2, 0.25) is 0 Å². The highest BCUT2D eigenvalue weighted by molar-refractivity contribution is 5.91. The van der Waals surface area contributed by atoms with Gasteiger partial charge < -0.3 is 9.32 Å². The van der Waals surface area contributed by atoms with E-state index in [-0.39, 0.29) is 0 Å². The standard InChI is InChI=1S/C19H21N3O/c1-14-4-3-10-22(14)11-7-16-12-15-5-2-6-17(19(15)23-16)18-13-20-8-9-21-18/h2,5-6,8-9,12-14H,3-4,7,10-11H2,1H3. The van der Waals surface area contributed by atoms with Crippen LogP contribution in [0.4, 0.5) is 0 Å². The molecule has 0 saturated carbocycles. The fourth-order valence-corrected chi connectivity index (χ4v) is 3.46. The van der Waals surface area contributed by atoms with Crippen LogP contribution in [0, 0.1) is 0 Å². The first-order chi connectivity index (χ1) is 11.3. The summed E-state index contributed by atoms with van der Waals surface area (Å²) < 4.78 is 6.15. The van der Waals surface area contributed by atoms with Crippen LogP contribution in [0.25, 0.3) is 22.2 Å². The highest BCUT2D eigenvalue weighted by atomic mass is 16.3. The Morgan fingerprint density at radius 2 is 2.26 bits per heavy atom. The summed E-state index contributed by atoms with van der Waals surface area (Å²) >= 11 is 0. The van der Waals surface area contributed by atoms with Crippen molar-refractivity contribution in [1.82, 2.24) is 14.9 Å². The van der Waals surface area contributed by atoms with Gasteiger partial charge in [0.25, 0.3) is 0 Å². The summed E-state index contributed by atoms with van der Waals surface area (Å²) in [6.07, 6.45) is 8.78.